The van der Waals surface area contributed by atoms with E-state index in [0.29, 0.717) is 18.1 Å². The van der Waals surface area contributed by atoms with Crippen molar-refractivity contribution in [3.63, 3.8) is 0 Å². The van der Waals surface area contributed by atoms with Crippen molar-refractivity contribution in [2.75, 3.05) is 5.73 Å². The van der Waals surface area contributed by atoms with Gasteiger partial charge in [0.1, 0.15) is 5.82 Å². The second-order valence-electron chi connectivity index (χ2n) is 4.86. The normalized spacial score (nSPS) is 10.8. The lowest BCUT2D eigenvalue weighted by molar-refractivity contribution is 0.615. The lowest BCUT2D eigenvalue weighted by Gasteiger charge is -2.07. The van der Waals surface area contributed by atoms with Crippen molar-refractivity contribution < 1.29 is 4.39 Å². The van der Waals surface area contributed by atoms with Gasteiger partial charge in [-0.15, -0.1) is 5.10 Å². The van der Waals surface area contributed by atoms with E-state index in [4.69, 9.17) is 5.73 Å². The third kappa shape index (κ3) is 2.74. The fourth-order valence-corrected chi connectivity index (χ4v) is 2.11. The number of nitrogens with zero attached hydrogens (tertiary/aromatic N) is 4. The van der Waals surface area contributed by atoms with Crippen LogP contribution in [0.15, 0.2) is 42.5 Å². The van der Waals surface area contributed by atoms with Gasteiger partial charge < -0.3 is 5.73 Å². The molecule has 0 aliphatic rings. The number of benzene rings is 2. The van der Waals surface area contributed by atoms with E-state index in [2.05, 4.69) is 15.5 Å². The number of nitrogens with two attached hydrogens (primary N) is 1. The lowest BCUT2D eigenvalue weighted by Crippen LogP contribution is -2.05. The highest BCUT2D eigenvalue weighted by molar-refractivity contribution is 5.63. The number of nitrogen functional groups attached to an aromatic ring is 1. The van der Waals surface area contributed by atoms with Gasteiger partial charge in [-0.25, -0.2) is 9.07 Å². The van der Waals surface area contributed by atoms with Crippen LogP contribution in [0.3, 0.4) is 0 Å². The van der Waals surface area contributed by atoms with E-state index in [0.717, 1.165) is 16.7 Å². The molecular weight excluding hydrogens is 269 g/mol. The second kappa shape index (κ2) is 5.32. The van der Waals surface area contributed by atoms with Crippen LogP contribution in [0, 0.1) is 12.7 Å². The Morgan fingerprint density at radius 2 is 2.05 bits per heavy atom. The Balaban J connectivity index is 1.95. The minimum atomic E-state index is -0.276. The molecule has 2 N–H and O–H groups in total. The summed E-state index contributed by atoms with van der Waals surface area (Å²) in [6, 6.07) is 12.0. The summed E-state index contributed by atoms with van der Waals surface area (Å²) < 4.78 is 14.9. The Morgan fingerprint density at radius 1 is 1.19 bits per heavy atom. The Labute approximate surface area is 121 Å². The van der Waals surface area contributed by atoms with Crippen LogP contribution in [-0.2, 0) is 6.54 Å². The quantitative estimate of drug-likeness (QED) is 0.749. The molecule has 1 aromatic heterocycles. The molecular formula is C15H14FN5. The van der Waals surface area contributed by atoms with Crippen LogP contribution in [0.5, 0.6) is 0 Å². The van der Waals surface area contributed by atoms with E-state index in [1.165, 1.54) is 12.1 Å². The Hall–Kier alpha value is -2.76. The van der Waals surface area contributed by atoms with Gasteiger partial charge in [0.05, 0.1) is 6.54 Å². The van der Waals surface area contributed by atoms with Gasteiger partial charge in [0.15, 0.2) is 5.82 Å². The van der Waals surface area contributed by atoms with E-state index in [-0.39, 0.29) is 5.82 Å². The van der Waals surface area contributed by atoms with Gasteiger partial charge in [-0.3, -0.25) is 0 Å². The lowest BCUT2D eigenvalue weighted by atomic mass is 10.1. The first-order valence-corrected chi connectivity index (χ1v) is 6.50. The van der Waals surface area contributed by atoms with Gasteiger partial charge in [0, 0.05) is 11.3 Å². The van der Waals surface area contributed by atoms with Crippen LogP contribution < -0.4 is 5.73 Å². The molecule has 3 rings (SSSR count). The first kappa shape index (κ1) is 13.2. The highest BCUT2D eigenvalue weighted by Gasteiger charge is 2.10. The molecule has 0 aliphatic carbocycles. The van der Waals surface area contributed by atoms with E-state index < -0.39 is 0 Å². The van der Waals surface area contributed by atoms with E-state index >= 15 is 0 Å². The van der Waals surface area contributed by atoms with Crippen LogP contribution >= 0.6 is 0 Å². The van der Waals surface area contributed by atoms with E-state index in [1.54, 1.807) is 10.7 Å². The van der Waals surface area contributed by atoms with Crippen molar-refractivity contribution in [2.24, 2.45) is 0 Å². The molecule has 0 amide bonds. The average Bonchev–Trinajstić information content (AvgIpc) is 2.90. The van der Waals surface area contributed by atoms with Crippen LogP contribution in [0.4, 0.5) is 10.1 Å². The molecule has 0 fully saturated rings. The maximum Gasteiger partial charge on any atom is 0.182 e. The van der Waals surface area contributed by atoms with Gasteiger partial charge in [-0.2, -0.15) is 0 Å². The predicted molar refractivity (Wildman–Crippen MR) is 77.9 cm³/mol. The van der Waals surface area contributed by atoms with Crippen molar-refractivity contribution in [3.8, 4) is 11.4 Å². The molecule has 6 heteroatoms. The molecule has 0 saturated heterocycles. The zero-order chi connectivity index (χ0) is 14.8. The summed E-state index contributed by atoms with van der Waals surface area (Å²) in [5, 5.41) is 11.7. The van der Waals surface area contributed by atoms with Crippen LogP contribution in [0.2, 0.25) is 0 Å². The topological polar surface area (TPSA) is 69.6 Å². The largest absolute Gasteiger partial charge is 0.398 e. The van der Waals surface area contributed by atoms with Crippen molar-refractivity contribution in [3.05, 3.63) is 59.4 Å². The van der Waals surface area contributed by atoms with Gasteiger partial charge in [-0.1, -0.05) is 24.3 Å². The zero-order valence-corrected chi connectivity index (χ0v) is 11.5. The number of aryl methyl sites for hydroxylation is 1. The molecule has 0 radical (unpaired) electrons. The molecule has 21 heavy (non-hydrogen) atoms. The van der Waals surface area contributed by atoms with Crippen LogP contribution in [0.1, 0.15) is 11.1 Å². The second-order valence-corrected chi connectivity index (χ2v) is 4.86. The summed E-state index contributed by atoms with van der Waals surface area (Å²) in [5.74, 6) is 0.327. The summed E-state index contributed by atoms with van der Waals surface area (Å²) in [6.07, 6.45) is 0. The fraction of sp³-hybridized carbons (Fsp3) is 0.133. The molecule has 0 bridgehead atoms. The van der Waals surface area contributed by atoms with E-state index in [9.17, 15) is 4.39 Å². The zero-order valence-electron chi connectivity index (χ0n) is 11.5. The number of hydrogen-bond donors (Lipinski definition) is 1. The number of halogens is 1. The summed E-state index contributed by atoms with van der Waals surface area (Å²) in [7, 11) is 0. The first-order valence-electron chi connectivity index (χ1n) is 6.50. The molecule has 0 atom stereocenters. The summed E-state index contributed by atoms with van der Waals surface area (Å²) >= 11 is 0. The minimum Gasteiger partial charge on any atom is -0.398 e. The smallest absolute Gasteiger partial charge is 0.182 e. The molecule has 0 saturated carbocycles. The predicted octanol–water partition coefficient (Wildman–Crippen LogP) is 2.42. The molecule has 106 valence electrons. The van der Waals surface area contributed by atoms with Gasteiger partial charge in [0.2, 0.25) is 0 Å². The number of aromatic nitrogens is 4. The first-order chi connectivity index (χ1) is 10.1. The standard InChI is InChI=1S/C15H14FN5/c1-10-5-6-12(8-14(10)17)15-18-19-20-21(15)9-11-3-2-4-13(16)7-11/h2-8H,9,17H2,1H3. The third-order valence-electron chi connectivity index (χ3n) is 3.29. The molecule has 3 aromatic rings. The number of rotatable bonds is 3. The van der Waals surface area contributed by atoms with Crippen molar-refractivity contribution in [1.29, 1.82) is 0 Å². The fourth-order valence-electron chi connectivity index (χ4n) is 2.11. The molecule has 1 heterocycles. The van der Waals surface area contributed by atoms with Crippen molar-refractivity contribution in [1.82, 2.24) is 20.2 Å². The average molecular weight is 283 g/mol. The SMILES string of the molecule is Cc1ccc(-c2nnnn2Cc2cccc(F)c2)cc1N. The maximum absolute atomic E-state index is 13.2. The van der Waals surface area contributed by atoms with Crippen LogP contribution in [0.25, 0.3) is 11.4 Å². The highest BCUT2D eigenvalue weighted by Crippen LogP contribution is 2.22. The van der Waals surface area contributed by atoms with Crippen LogP contribution in [-0.4, -0.2) is 20.2 Å². The summed E-state index contributed by atoms with van der Waals surface area (Å²) in [4.78, 5) is 0. The Kier molecular flexibility index (Phi) is 3.35. The number of anilines is 1. The number of tetrazole rings is 1. The van der Waals surface area contributed by atoms with E-state index in [1.807, 2.05) is 31.2 Å². The van der Waals surface area contributed by atoms with Crippen molar-refractivity contribution in [2.45, 2.75) is 13.5 Å². The monoisotopic (exact) mass is 283 g/mol. The van der Waals surface area contributed by atoms with Gasteiger partial charge >= 0.3 is 0 Å². The highest BCUT2D eigenvalue weighted by atomic mass is 19.1. The molecule has 0 unspecified atom stereocenters. The third-order valence-corrected chi connectivity index (χ3v) is 3.29. The summed E-state index contributed by atoms with van der Waals surface area (Å²) in [5.41, 5.74) is 9.24. The maximum atomic E-state index is 13.2. The van der Waals surface area contributed by atoms with Crippen molar-refractivity contribution >= 4 is 5.69 Å². The molecule has 5 nitrogen and oxygen atoms in total. The van der Waals surface area contributed by atoms with Gasteiger partial charge in [-0.05, 0) is 46.7 Å². The summed E-state index contributed by atoms with van der Waals surface area (Å²) in [6.45, 7) is 2.34. The molecule has 0 aliphatic heterocycles. The molecule has 2 aromatic carbocycles. The molecule has 0 spiro atoms. The Morgan fingerprint density at radius 3 is 2.81 bits per heavy atom. The number of hydrogen-bond acceptors (Lipinski definition) is 4. The Bertz CT molecular complexity index is 781. The minimum absolute atomic E-state index is 0.276. The van der Waals surface area contributed by atoms with Gasteiger partial charge in [0.25, 0.3) is 0 Å².